The predicted octanol–water partition coefficient (Wildman–Crippen LogP) is 2.97. The molecule has 0 aliphatic carbocycles. The number of allylic oxidation sites excluding steroid dienone is 1. The van der Waals surface area contributed by atoms with Gasteiger partial charge in [-0.25, -0.2) is 4.98 Å². The number of imidazole rings is 1. The molecule has 2 heterocycles. The molecule has 0 radical (unpaired) electrons. The van der Waals surface area contributed by atoms with Crippen LogP contribution in [0.2, 0.25) is 0 Å². The molecule has 138 valence electrons. The molecule has 1 aromatic heterocycles. The van der Waals surface area contributed by atoms with Crippen LogP contribution < -0.4 is 5.32 Å². The minimum absolute atomic E-state index is 0.0556. The average molecular weight is 352 g/mol. The molecule has 0 saturated carbocycles. The fourth-order valence-corrected chi connectivity index (χ4v) is 3.56. The van der Waals surface area contributed by atoms with Crippen molar-refractivity contribution in [1.29, 1.82) is 0 Å². The first-order chi connectivity index (χ1) is 12.5. The summed E-state index contributed by atoms with van der Waals surface area (Å²) in [5.74, 6) is 0.274. The monoisotopic (exact) mass is 352 g/mol. The highest BCUT2D eigenvalue weighted by molar-refractivity contribution is 5.92. The molecule has 1 N–H and O–H groups in total. The number of hydrogen-bond acceptors (Lipinski definition) is 3. The van der Waals surface area contributed by atoms with Crippen molar-refractivity contribution in [3.05, 3.63) is 65.8 Å². The number of hydrogen-bond donors (Lipinski definition) is 1. The van der Waals surface area contributed by atoms with Gasteiger partial charge in [0.25, 0.3) is 5.91 Å². The van der Waals surface area contributed by atoms with Gasteiger partial charge in [0, 0.05) is 32.1 Å². The summed E-state index contributed by atoms with van der Waals surface area (Å²) in [6, 6.07) is 10.6. The van der Waals surface area contributed by atoms with Gasteiger partial charge in [-0.1, -0.05) is 42.0 Å². The number of carbonyl (C=O) groups excluding carboxylic acids is 1. The van der Waals surface area contributed by atoms with E-state index in [2.05, 4.69) is 59.4 Å². The second kappa shape index (κ2) is 8.32. The van der Waals surface area contributed by atoms with Crippen LogP contribution in [-0.4, -0.2) is 46.0 Å². The van der Waals surface area contributed by atoms with Crippen LogP contribution in [0.15, 0.2) is 54.5 Å². The van der Waals surface area contributed by atoms with E-state index in [4.69, 9.17) is 0 Å². The van der Waals surface area contributed by atoms with E-state index in [-0.39, 0.29) is 11.9 Å². The lowest BCUT2D eigenvalue weighted by Gasteiger charge is -2.39. The van der Waals surface area contributed by atoms with Gasteiger partial charge in [0.1, 0.15) is 5.69 Å². The Morgan fingerprint density at radius 2 is 2.08 bits per heavy atom. The third-order valence-corrected chi connectivity index (χ3v) is 5.05. The van der Waals surface area contributed by atoms with Crippen molar-refractivity contribution in [3.8, 4) is 0 Å². The topological polar surface area (TPSA) is 50.2 Å². The van der Waals surface area contributed by atoms with Gasteiger partial charge in [0.05, 0.1) is 12.5 Å². The summed E-state index contributed by atoms with van der Waals surface area (Å²) >= 11 is 0. The SMILES string of the molecule is CC(C)=CCN1CC[C@@H](c2ccccc2)[C@@H](NC(=O)c2cncn2C)C1. The zero-order valence-electron chi connectivity index (χ0n) is 15.9. The predicted molar refractivity (Wildman–Crippen MR) is 104 cm³/mol. The Balaban J connectivity index is 1.77. The number of amides is 1. The summed E-state index contributed by atoms with van der Waals surface area (Å²) < 4.78 is 1.76. The first-order valence-corrected chi connectivity index (χ1v) is 9.22. The first kappa shape index (κ1) is 18.4. The molecule has 0 spiro atoms. The van der Waals surface area contributed by atoms with Crippen LogP contribution in [0.1, 0.15) is 42.2 Å². The van der Waals surface area contributed by atoms with E-state index < -0.39 is 0 Å². The third kappa shape index (κ3) is 4.41. The van der Waals surface area contributed by atoms with Crippen molar-refractivity contribution < 1.29 is 4.79 Å². The van der Waals surface area contributed by atoms with Crippen LogP contribution in [0, 0.1) is 0 Å². The van der Waals surface area contributed by atoms with Crippen LogP contribution in [-0.2, 0) is 7.05 Å². The van der Waals surface area contributed by atoms with E-state index in [1.54, 1.807) is 17.1 Å². The van der Waals surface area contributed by atoms with Crippen LogP contribution in [0.5, 0.6) is 0 Å². The smallest absolute Gasteiger partial charge is 0.269 e. The first-order valence-electron chi connectivity index (χ1n) is 9.22. The zero-order chi connectivity index (χ0) is 18.5. The molecule has 2 aromatic rings. The van der Waals surface area contributed by atoms with Gasteiger partial charge < -0.3 is 9.88 Å². The molecule has 5 heteroatoms. The van der Waals surface area contributed by atoms with E-state index in [0.717, 1.165) is 26.1 Å². The molecule has 2 atom stereocenters. The summed E-state index contributed by atoms with van der Waals surface area (Å²) in [5.41, 5.74) is 3.22. The second-order valence-corrected chi connectivity index (χ2v) is 7.32. The van der Waals surface area contributed by atoms with Gasteiger partial charge >= 0.3 is 0 Å². The quantitative estimate of drug-likeness (QED) is 0.842. The normalized spacial score (nSPS) is 20.6. The number of aryl methyl sites for hydroxylation is 1. The zero-order valence-corrected chi connectivity index (χ0v) is 15.9. The molecule has 26 heavy (non-hydrogen) atoms. The average Bonchev–Trinajstić information content (AvgIpc) is 3.07. The highest BCUT2D eigenvalue weighted by Gasteiger charge is 2.31. The number of likely N-dealkylation sites (tertiary alicyclic amines) is 1. The summed E-state index contributed by atoms with van der Waals surface area (Å²) in [5, 5.41) is 3.27. The minimum atomic E-state index is -0.0556. The van der Waals surface area contributed by atoms with Gasteiger partial charge in [-0.2, -0.15) is 0 Å². The maximum Gasteiger partial charge on any atom is 0.269 e. The van der Waals surface area contributed by atoms with Gasteiger partial charge in [0.15, 0.2) is 0 Å². The molecule has 0 unspecified atom stereocenters. The maximum absolute atomic E-state index is 12.7. The molecule has 3 rings (SSSR count). The molecule has 0 bridgehead atoms. The largest absolute Gasteiger partial charge is 0.346 e. The Bertz CT molecular complexity index is 761. The molecule has 1 aromatic carbocycles. The van der Waals surface area contributed by atoms with E-state index in [9.17, 15) is 4.79 Å². The lowest BCUT2D eigenvalue weighted by Crippen LogP contribution is -2.51. The highest BCUT2D eigenvalue weighted by Crippen LogP contribution is 2.28. The number of rotatable bonds is 5. The van der Waals surface area contributed by atoms with Gasteiger partial charge in [-0.3, -0.25) is 9.69 Å². The summed E-state index contributed by atoms with van der Waals surface area (Å²) in [7, 11) is 1.85. The lowest BCUT2D eigenvalue weighted by molar-refractivity contribution is 0.0886. The summed E-state index contributed by atoms with van der Waals surface area (Å²) in [6.07, 6.45) is 6.57. The maximum atomic E-state index is 12.7. The fourth-order valence-electron chi connectivity index (χ4n) is 3.56. The van der Waals surface area contributed by atoms with Crippen LogP contribution in [0.4, 0.5) is 0 Å². The number of aromatic nitrogens is 2. The van der Waals surface area contributed by atoms with Gasteiger partial charge in [0.2, 0.25) is 0 Å². The van der Waals surface area contributed by atoms with Crippen molar-refractivity contribution in [2.24, 2.45) is 7.05 Å². The Labute approximate surface area is 155 Å². The molecule has 1 aliphatic rings. The Kier molecular flexibility index (Phi) is 5.89. The van der Waals surface area contributed by atoms with Crippen molar-refractivity contribution in [1.82, 2.24) is 19.8 Å². The van der Waals surface area contributed by atoms with Gasteiger partial charge in [-0.15, -0.1) is 0 Å². The summed E-state index contributed by atoms with van der Waals surface area (Å²) in [6.45, 7) is 7.08. The van der Waals surface area contributed by atoms with Crippen LogP contribution in [0.25, 0.3) is 0 Å². The van der Waals surface area contributed by atoms with E-state index in [1.807, 2.05) is 13.1 Å². The molecular weight excluding hydrogens is 324 g/mol. The minimum Gasteiger partial charge on any atom is -0.346 e. The molecule has 1 aliphatic heterocycles. The van der Waals surface area contributed by atoms with E-state index in [0.29, 0.717) is 11.6 Å². The third-order valence-electron chi connectivity index (χ3n) is 5.05. The van der Waals surface area contributed by atoms with Crippen LogP contribution in [0.3, 0.4) is 0 Å². The van der Waals surface area contributed by atoms with Crippen molar-refractivity contribution >= 4 is 5.91 Å². The number of benzene rings is 1. The Morgan fingerprint density at radius 1 is 1.31 bits per heavy atom. The number of piperidine rings is 1. The number of nitrogens with zero attached hydrogens (tertiary/aromatic N) is 3. The van der Waals surface area contributed by atoms with E-state index >= 15 is 0 Å². The van der Waals surface area contributed by atoms with Crippen molar-refractivity contribution in [2.45, 2.75) is 32.2 Å². The van der Waals surface area contributed by atoms with Gasteiger partial charge in [-0.05, 0) is 32.4 Å². The Morgan fingerprint density at radius 3 is 2.73 bits per heavy atom. The standard InChI is InChI=1S/C21H28N4O/c1-16(2)9-11-25-12-10-18(17-7-5-4-6-8-17)19(14-25)23-21(26)20-13-22-15-24(20)3/h4-9,13,15,18-19H,10-12,14H2,1-3H3,(H,23,26)/t18-,19-/m0/s1. The molecule has 5 nitrogen and oxygen atoms in total. The van der Waals surface area contributed by atoms with Crippen LogP contribution >= 0.6 is 0 Å². The number of carbonyl (C=O) groups is 1. The highest BCUT2D eigenvalue weighted by atomic mass is 16.2. The lowest BCUT2D eigenvalue weighted by atomic mass is 9.85. The Hall–Kier alpha value is -2.40. The van der Waals surface area contributed by atoms with Crippen molar-refractivity contribution in [2.75, 3.05) is 19.6 Å². The van der Waals surface area contributed by atoms with Crippen molar-refractivity contribution in [3.63, 3.8) is 0 Å². The fraction of sp³-hybridized carbons (Fsp3) is 0.429. The molecule has 1 amide bonds. The molecule has 1 saturated heterocycles. The molecule has 1 fully saturated rings. The number of nitrogens with one attached hydrogen (secondary N) is 1. The molecular formula is C21H28N4O. The van der Waals surface area contributed by atoms with E-state index in [1.165, 1.54) is 11.1 Å². The second-order valence-electron chi connectivity index (χ2n) is 7.32. The summed E-state index contributed by atoms with van der Waals surface area (Å²) in [4.78, 5) is 19.2.